The zero-order valence-corrected chi connectivity index (χ0v) is 17.7. The number of benzene rings is 2. The van der Waals surface area contributed by atoms with Crippen molar-refractivity contribution in [1.82, 2.24) is 4.98 Å². The summed E-state index contributed by atoms with van der Waals surface area (Å²) in [5.41, 5.74) is 1.83. The number of anilines is 2. The van der Waals surface area contributed by atoms with Crippen LogP contribution in [-0.4, -0.2) is 25.6 Å². The normalized spacial score (nSPS) is 11.1. The summed E-state index contributed by atoms with van der Waals surface area (Å²) in [7, 11) is -3.57. The Morgan fingerprint density at radius 3 is 2.34 bits per heavy atom. The maximum atomic E-state index is 12.4. The van der Waals surface area contributed by atoms with Gasteiger partial charge in [-0.1, -0.05) is 41.4 Å². The van der Waals surface area contributed by atoms with E-state index in [0.29, 0.717) is 27.5 Å². The van der Waals surface area contributed by atoms with Crippen LogP contribution >= 0.6 is 23.2 Å². The first-order valence-corrected chi connectivity index (χ1v) is 11.1. The quantitative estimate of drug-likeness (QED) is 0.557. The van der Waals surface area contributed by atoms with E-state index in [1.165, 1.54) is 10.5 Å². The molecule has 0 saturated heterocycles. The van der Waals surface area contributed by atoms with E-state index in [1.807, 2.05) is 0 Å². The second-order valence-corrected chi connectivity index (χ2v) is 8.88. The molecule has 0 aliphatic carbocycles. The molecule has 0 spiro atoms. The SMILES string of the molecule is CS(=O)(=O)N(Cc1ccccc1Cl)c1ccc(C(=O)Nc2cccnc2Cl)cc1. The smallest absolute Gasteiger partial charge is 0.255 e. The molecule has 2 aromatic carbocycles. The lowest BCUT2D eigenvalue weighted by molar-refractivity contribution is 0.102. The summed E-state index contributed by atoms with van der Waals surface area (Å²) < 4.78 is 25.9. The second kappa shape index (κ2) is 8.82. The number of amides is 1. The van der Waals surface area contributed by atoms with Crippen LogP contribution in [0.2, 0.25) is 10.2 Å². The summed E-state index contributed by atoms with van der Waals surface area (Å²) in [6, 6.07) is 16.5. The molecule has 0 fully saturated rings. The monoisotopic (exact) mass is 449 g/mol. The first-order chi connectivity index (χ1) is 13.8. The molecule has 0 unspecified atom stereocenters. The molecule has 3 rings (SSSR count). The van der Waals surface area contributed by atoms with Gasteiger partial charge in [-0.2, -0.15) is 0 Å². The fraction of sp³-hybridized carbons (Fsp3) is 0.100. The van der Waals surface area contributed by atoms with E-state index < -0.39 is 10.0 Å². The van der Waals surface area contributed by atoms with E-state index in [-0.39, 0.29) is 17.6 Å². The number of nitrogens with one attached hydrogen (secondary N) is 1. The van der Waals surface area contributed by atoms with Gasteiger partial charge in [0.05, 0.1) is 24.2 Å². The average molecular weight is 450 g/mol. The highest BCUT2D eigenvalue weighted by molar-refractivity contribution is 7.92. The number of sulfonamides is 1. The Hall–Kier alpha value is -2.61. The number of hydrogen-bond donors (Lipinski definition) is 1. The molecule has 0 radical (unpaired) electrons. The number of halogens is 2. The molecule has 9 heteroatoms. The lowest BCUT2D eigenvalue weighted by Crippen LogP contribution is -2.29. The van der Waals surface area contributed by atoms with Crippen LogP contribution in [0.15, 0.2) is 66.9 Å². The van der Waals surface area contributed by atoms with E-state index in [0.717, 1.165) is 6.26 Å². The van der Waals surface area contributed by atoms with Crippen molar-refractivity contribution in [3.05, 3.63) is 88.2 Å². The molecule has 0 atom stereocenters. The number of nitrogens with zero attached hydrogens (tertiary/aromatic N) is 2. The van der Waals surface area contributed by atoms with Crippen molar-refractivity contribution >= 4 is 50.5 Å². The topological polar surface area (TPSA) is 79.4 Å². The Morgan fingerprint density at radius 2 is 1.72 bits per heavy atom. The zero-order chi connectivity index (χ0) is 21.0. The van der Waals surface area contributed by atoms with Crippen molar-refractivity contribution in [2.45, 2.75) is 6.54 Å². The largest absolute Gasteiger partial charge is 0.319 e. The Kier molecular flexibility index (Phi) is 6.42. The molecule has 1 aromatic heterocycles. The van der Waals surface area contributed by atoms with Gasteiger partial charge in [-0.3, -0.25) is 9.10 Å². The fourth-order valence-electron chi connectivity index (χ4n) is 2.63. The Morgan fingerprint density at radius 1 is 1.03 bits per heavy atom. The molecular formula is C20H17Cl2N3O3S. The highest BCUT2D eigenvalue weighted by atomic mass is 35.5. The number of rotatable bonds is 6. The maximum absolute atomic E-state index is 12.4. The number of aromatic nitrogens is 1. The van der Waals surface area contributed by atoms with Crippen LogP contribution in [0, 0.1) is 0 Å². The Bertz CT molecular complexity index is 1140. The van der Waals surface area contributed by atoms with Crippen LogP contribution in [0.5, 0.6) is 0 Å². The minimum atomic E-state index is -3.57. The molecular weight excluding hydrogens is 433 g/mol. The molecule has 150 valence electrons. The Labute approximate surface area is 179 Å². The molecule has 1 heterocycles. The standard InChI is InChI=1S/C20H17Cl2N3O3S/c1-29(27,28)25(13-15-5-2-3-6-17(15)21)16-10-8-14(9-11-16)20(26)24-18-7-4-12-23-19(18)22/h2-12H,13H2,1H3,(H,24,26). The van der Waals surface area contributed by atoms with Crippen molar-refractivity contribution < 1.29 is 13.2 Å². The summed E-state index contributed by atoms with van der Waals surface area (Å²) >= 11 is 12.1. The maximum Gasteiger partial charge on any atom is 0.255 e. The van der Waals surface area contributed by atoms with Gasteiger partial charge < -0.3 is 5.32 Å². The Balaban J connectivity index is 1.83. The third-order valence-corrected chi connectivity index (χ3v) is 5.91. The molecule has 29 heavy (non-hydrogen) atoms. The number of hydrogen-bond acceptors (Lipinski definition) is 4. The highest BCUT2D eigenvalue weighted by Gasteiger charge is 2.19. The summed E-state index contributed by atoms with van der Waals surface area (Å²) in [6.07, 6.45) is 2.64. The molecule has 3 aromatic rings. The van der Waals surface area contributed by atoms with Crippen molar-refractivity contribution in [3.8, 4) is 0 Å². The summed E-state index contributed by atoms with van der Waals surface area (Å²) in [6.45, 7) is 0.0787. The highest BCUT2D eigenvalue weighted by Crippen LogP contribution is 2.25. The first kappa shape index (κ1) is 21.1. The van der Waals surface area contributed by atoms with Crippen molar-refractivity contribution in [3.63, 3.8) is 0 Å². The van der Waals surface area contributed by atoms with Crippen LogP contribution in [0.3, 0.4) is 0 Å². The summed E-state index contributed by atoms with van der Waals surface area (Å²) in [4.78, 5) is 16.3. The van der Waals surface area contributed by atoms with E-state index in [4.69, 9.17) is 23.2 Å². The van der Waals surface area contributed by atoms with Crippen LogP contribution in [0.4, 0.5) is 11.4 Å². The second-order valence-electron chi connectivity index (χ2n) is 6.20. The van der Waals surface area contributed by atoms with Crippen molar-refractivity contribution in [1.29, 1.82) is 0 Å². The molecule has 0 bridgehead atoms. The lowest BCUT2D eigenvalue weighted by atomic mass is 10.1. The van der Waals surface area contributed by atoms with Gasteiger partial charge in [0.2, 0.25) is 10.0 Å². The molecule has 0 saturated carbocycles. The fourth-order valence-corrected chi connectivity index (χ4v) is 3.87. The molecule has 6 nitrogen and oxygen atoms in total. The average Bonchev–Trinajstić information content (AvgIpc) is 2.68. The summed E-state index contributed by atoms with van der Waals surface area (Å²) in [5.74, 6) is -0.386. The molecule has 0 aliphatic rings. The van der Waals surface area contributed by atoms with Crippen molar-refractivity contribution in [2.24, 2.45) is 0 Å². The predicted molar refractivity (Wildman–Crippen MR) is 116 cm³/mol. The number of carbonyl (C=O) groups is 1. The molecule has 1 N–H and O–H groups in total. The van der Waals surface area contributed by atoms with Gasteiger partial charge in [-0.25, -0.2) is 13.4 Å². The van der Waals surface area contributed by atoms with Gasteiger partial charge in [-0.05, 0) is 48.0 Å². The van der Waals surface area contributed by atoms with Gasteiger partial charge in [0, 0.05) is 16.8 Å². The predicted octanol–water partition coefficient (Wildman–Crippen LogP) is 4.61. The van der Waals surface area contributed by atoms with Gasteiger partial charge >= 0.3 is 0 Å². The third-order valence-electron chi connectivity index (χ3n) is 4.10. The van der Waals surface area contributed by atoms with Gasteiger partial charge in [-0.15, -0.1) is 0 Å². The van der Waals surface area contributed by atoms with Gasteiger partial charge in [0.1, 0.15) is 0 Å². The first-order valence-electron chi connectivity index (χ1n) is 8.49. The third kappa shape index (κ3) is 5.26. The number of pyridine rings is 1. The van der Waals surface area contributed by atoms with Crippen LogP contribution in [-0.2, 0) is 16.6 Å². The van der Waals surface area contributed by atoms with Gasteiger partial charge in [0.25, 0.3) is 5.91 Å². The minimum Gasteiger partial charge on any atom is -0.319 e. The van der Waals surface area contributed by atoms with Gasteiger partial charge in [0.15, 0.2) is 5.15 Å². The van der Waals surface area contributed by atoms with E-state index >= 15 is 0 Å². The molecule has 0 aliphatic heterocycles. The van der Waals surface area contributed by atoms with Crippen molar-refractivity contribution in [2.75, 3.05) is 15.9 Å². The van der Waals surface area contributed by atoms with E-state index in [1.54, 1.807) is 60.7 Å². The lowest BCUT2D eigenvalue weighted by Gasteiger charge is -2.23. The van der Waals surface area contributed by atoms with Crippen LogP contribution < -0.4 is 9.62 Å². The van der Waals surface area contributed by atoms with Crippen LogP contribution in [0.1, 0.15) is 15.9 Å². The molecule has 1 amide bonds. The van der Waals surface area contributed by atoms with Crippen LogP contribution in [0.25, 0.3) is 0 Å². The van der Waals surface area contributed by atoms with E-state index in [2.05, 4.69) is 10.3 Å². The summed E-state index contributed by atoms with van der Waals surface area (Å²) in [5, 5.41) is 3.33. The van der Waals surface area contributed by atoms with E-state index in [9.17, 15) is 13.2 Å². The zero-order valence-electron chi connectivity index (χ0n) is 15.3. The minimum absolute atomic E-state index is 0.0787. The number of carbonyl (C=O) groups excluding carboxylic acids is 1.